The summed E-state index contributed by atoms with van der Waals surface area (Å²) in [4.78, 5) is 0. The Hall–Kier alpha value is -1.22. The molecule has 0 saturated heterocycles. The minimum absolute atomic E-state index is 0.127. The van der Waals surface area contributed by atoms with Crippen LogP contribution in [0.1, 0.15) is 44.6 Å². The van der Waals surface area contributed by atoms with Crippen molar-refractivity contribution >= 4 is 0 Å². The summed E-state index contributed by atoms with van der Waals surface area (Å²) in [6.45, 7) is 5.55. The summed E-state index contributed by atoms with van der Waals surface area (Å²) in [5.74, 6) is 1.75. The summed E-state index contributed by atoms with van der Waals surface area (Å²) in [5.41, 5.74) is 1.11. The molecule has 0 bridgehead atoms. The van der Waals surface area contributed by atoms with Gasteiger partial charge in [-0.05, 0) is 24.1 Å². The van der Waals surface area contributed by atoms with Gasteiger partial charge in [0.25, 0.3) is 0 Å². The Labute approximate surface area is 109 Å². The second-order valence-electron chi connectivity index (χ2n) is 4.90. The van der Waals surface area contributed by atoms with E-state index in [9.17, 15) is 5.11 Å². The van der Waals surface area contributed by atoms with E-state index in [4.69, 9.17) is 9.47 Å². The van der Waals surface area contributed by atoms with Gasteiger partial charge in [0.2, 0.25) is 0 Å². The molecule has 1 aromatic rings. The molecule has 0 amide bonds. The van der Waals surface area contributed by atoms with Gasteiger partial charge in [0.05, 0.1) is 19.3 Å². The van der Waals surface area contributed by atoms with Crippen LogP contribution in [0.5, 0.6) is 11.5 Å². The lowest BCUT2D eigenvalue weighted by Crippen LogP contribution is -2.15. The molecule has 1 aliphatic heterocycles. The van der Waals surface area contributed by atoms with E-state index in [-0.39, 0.29) is 12.0 Å². The quantitative estimate of drug-likeness (QED) is 0.892. The predicted molar refractivity (Wildman–Crippen MR) is 71.4 cm³/mol. The molecule has 0 radical (unpaired) electrons. The van der Waals surface area contributed by atoms with E-state index >= 15 is 0 Å². The second-order valence-corrected chi connectivity index (χ2v) is 4.90. The second kappa shape index (κ2) is 6.10. The first kappa shape index (κ1) is 13.2. The Morgan fingerprint density at radius 3 is 2.67 bits per heavy atom. The zero-order valence-corrected chi connectivity index (χ0v) is 11.2. The first-order valence-corrected chi connectivity index (χ1v) is 6.80. The fourth-order valence-electron chi connectivity index (χ4n) is 2.23. The fourth-order valence-corrected chi connectivity index (χ4v) is 2.23. The van der Waals surface area contributed by atoms with Crippen LogP contribution in [0.4, 0.5) is 0 Å². The Balaban J connectivity index is 2.17. The van der Waals surface area contributed by atoms with Crippen LogP contribution in [0, 0.1) is 0 Å². The Bertz CT molecular complexity index is 389. The average Bonchev–Trinajstić information content (AvgIpc) is 2.62. The molecule has 100 valence electrons. The third-order valence-corrected chi connectivity index (χ3v) is 3.46. The summed E-state index contributed by atoms with van der Waals surface area (Å²) in [7, 11) is 0. The standard InChI is InChI=1S/C15H22O3/c1-3-5-13(16)11(2)12-6-7-14-15(10-12)18-9-4-8-17-14/h6-7,10-11,13,16H,3-5,8-9H2,1-2H3. The number of hydrogen-bond donors (Lipinski definition) is 1. The number of benzene rings is 1. The van der Waals surface area contributed by atoms with E-state index < -0.39 is 0 Å². The molecular weight excluding hydrogens is 228 g/mol. The Morgan fingerprint density at radius 1 is 1.22 bits per heavy atom. The third-order valence-electron chi connectivity index (χ3n) is 3.46. The fraction of sp³-hybridized carbons (Fsp3) is 0.600. The van der Waals surface area contributed by atoms with Crippen molar-refractivity contribution in [3.63, 3.8) is 0 Å². The molecular formula is C15H22O3. The first-order chi connectivity index (χ1) is 8.72. The molecule has 18 heavy (non-hydrogen) atoms. The van der Waals surface area contributed by atoms with Crippen LogP contribution in [0.15, 0.2) is 18.2 Å². The van der Waals surface area contributed by atoms with Gasteiger partial charge in [0.1, 0.15) is 0 Å². The molecule has 2 rings (SSSR count). The van der Waals surface area contributed by atoms with Crippen LogP contribution in [0.25, 0.3) is 0 Å². The molecule has 2 unspecified atom stereocenters. The van der Waals surface area contributed by atoms with Crippen LogP contribution >= 0.6 is 0 Å². The monoisotopic (exact) mass is 250 g/mol. The summed E-state index contributed by atoms with van der Waals surface area (Å²) in [5, 5.41) is 10.1. The van der Waals surface area contributed by atoms with Gasteiger partial charge in [-0.2, -0.15) is 0 Å². The van der Waals surface area contributed by atoms with E-state index in [1.807, 2.05) is 18.2 Å². The molecule has 1 aliphatic rings. The number of aliphatic hydroxyl groups excluding tert-OH is 1. The topological polar surface area (TPSA) is 38.7 Å². The summed E-state index contributed by atoms with van der Waals surface area (Å²) < 4.78 is 11.3. The van der Waals surface area contributed by atoms with Crippen molar-refractivity contribution in [2.45, 2.75) is 45.1 Å². The number of fused-ring (bicyclic) bond motifs is 1. The molecule has 0 fully saturated rings. The summed E-state index contributed by atoms with van der Waals surface area (Å²) in [6.07, 6.45) is 2.45. The molecule has 0 saturated carbocycles. The van der Waals surface area contributed by atoms with E-state index in [0.29, 0.717) is 13.2 Å². The maximum absolute atomic E-state index is 10.1. The van der Waals surface area contributed by atoms with Crippen molar-refractivity contribution in [3.05, 3.63) is 23.8 Å². The van der Waals surface area contributed by atoms with E-state index in [0.717, 1.165) is 36.3 Å². The zero-order valence-electron chi connectivity index (χ0n) is 11.2. The Kier molecular flexibility index (Phi) is 4.48. The predicted octanol–water partition coefficient (Wildman–Crippen LogP) is 3.11. The largest absolute Gasteiger partial charge is 0.490 e. The highest BCUT2D eigenvalue weighted by atomic mass is 16.5. The van der Waals surface area contributed by atoms with Crippen molar-refractivity contribution < 1.29 is 14.6 Å². The molecule has 3 heteroatoms. The highest BCUT2D eigenvalue weighted by Crippen LogP contribution is 2.34. The molecule has 1 N–H and O–H groups in total. The minimum Gasteiger partial charge on any atom is -0.490 e. The first-order valence-electron chi connectivity index (χ1n) is 6.80. The molecule has 1 heterocycles. The smallest absolute Gasteiger partial charge is 0.161 e. The van der Waals surface area contributed by atoms with Crippen molar-refractivity contribution in [1.82, 2.24) is 0 Å². The van der Waals surface area contributed by atoms with Gasteiger partial charge in [-0.15, -0.1) is 0 Å². The SMILES string of the molecule is CCCC(O)C(C)c1ccc2c(c1)OCCCO2. The zero-order chi connectivity index (χ0) is 13.0. The maximum atomic E-state index is 10.1. The van der Waals surface area contributed by atoms with Gasteiger partial charge in [-0.25, -0.2) is 0 Å². The minimum atomic E-state index is -0.292. The molecule has 0 aromatic heterocycles. The maximum Gasteiger partial charge on any atom is 0.161 e. The van der Waals surface area contributed by atoms with Gasteiger partial charge in [0.15, 0.2) is 11.5 Å². The summed E-state index contributed by atoms with van der Waals surface area (Å²) >= 11 is 0. The van der Waals surface area contributed by atoms with E-state index in [1.54, 1.807) is 0 Å². The van der Waals surface area contributed by atoms with Gasteiger partial charge in [-0.3, -0.25) is 0 Å². The lowest BCUT2D eigenvalue weighted by Gasteiger charge is -2.19. The lowest BCUT2D eigenvalue weighted by molar-refractivity contribution is 0.138. The van der Waals surface area contributed by atoms with E-state index in [1.165, 1.54) is 0 Å². The molecule has 1 aromatic carbocycles. The molecule has 0 spiro atoms. The van der Waals surface area contributed by atoms with Crippen molar-refractivity contribution in [1.29, 1.82) is 0 Å². The highest BCUT2D eigenvalue weighted by molar-refractivity contribution is 5.44. The van der Waals surface area contributed by atoms with Crippen LogP contribution in [-0.4, -0.2) is 24.4 Å². The van der Waals surface area contributed by atoms with Gasteiger partial charge in [-0.1, -0.05) is 26.3 Å². The lowest BCUT2D eigenvalue weighted by atomic mass is 9.92. The van der Waals surface area contributed by atoms with Crippen molar-refractivity contribution in [2.24, 2.45) is 0 Å². The molecule has 3 nitrogen and oxygen atoms in total. The van der Waals surface area contributed by atoms with Crippen molar-refractivity contribution in [3.8, 4) is 11.5 Å². The van der Waals surface area contributed by atoms with Gasteiger partial charge >= 0.3 is 0 Å². The molecule has 0 aliphatic carbocycles. The highest BCUT2D eigenvalue weighted by Gasteiger charge is 2.18. The van der Waals surface area contributed by atoms with Crippen LogP contribution in [-0.2, 0) is 0 Å². The van der Waals surface area contributed by atoms with Crippen molar-refractivity contribution in [2.75, 3.05) is 13.2 Å². The van der Waals surface area contributed by atoms with Crippen LogP contribution in [0.3, 0.4) is 0 Å². The Morgan fingerprint density at radius 2 is 1.94 bits per heavy atom. The van der Waals surface area contributed by atoms with E-state index in [2.05, 4.69) is 13.8 Å². The van der Waals surface area contributed by atoms with Gasteiger partial charge < -0.3 is 14.6 Å². The van der Waals surface area contributed by atoms with Gasteiger partial charge in [0, 0.05) is 12.3 Å². The molecule has 2 atom stereocenters. The number of ether oxygens (including phenoxy) is 2. The van der Waals surface area contributed by atoms with Crippen LogP contribution in [0.2, 0.25) is 0 Å². The summed E-state index contributed by atoms with van der Waals surface area (Å²) in [6, 6.07) is 5.98. The number of aliphatic hydroxyl groups is 1. The normalized spacial score (nSPS) is 17.9. The number of rotatable bonds is 4. The number of hydrogen-bond acceptors (Lipinski definition) is 3. The third kappa shape index (κ3) is 2.96. The average molecular weight is 250 g/mol. The van der Waals surface area contributed by atoms with Crippen LogP contribution < -0.4 is 9.47 Å².